The molecular weight excluding hydrogens is 478 g/mol. The molecule has 4 rings (SSSR count). The number of amides is 1. The number of ketones is 1. The van der Waals surface area contributed by atoms with Gasteiger partial charge in [-0.3, -0.25) is 14.5 Å². The zero-order valence-electron chi connectivity index (χ0n) is 18.7. The Bertz CT molecular complexity index is 1270. The summed E-state index contributed by atoms with van der Waals surface area (Å²) in [4.78, 5) is 27.6. The van der Waals surface area contributed by atoms with Crippen LogP contribution >= 0.6 is 22.9 Å². The Morgan fingerprint density at radius 1 is 1.06 bits per heavy atom. The summed E-state index contributed by atoms with van der Waals surface area (Å²) in [6, 6.07) is 10.6. The molecule has 1 aliphatic heterocycles. The number of Topliss-reactive ketones (excluding diaryl/α,β-unsaturated/α-hetero) is 1. The summed E-state index contributed by atoms with van der Waals surface area (Å²) in [5, 5.41) is 20.6. The highest BCUT2D eigenvalue weighted by Crippen LogP contribution is 2.44. The Kier molecular flexibility index (Phi) is 6.85. The van der Waals surface area contributed by atoms with Gasteiger partial charge in [0.05, 0.1) is 24.8 Å². The molecule has 8 nitrogen and oxygen atoms in total. The number of hydrogen-bond acceptors (Lipinski definition) is 8. The SMILES string of the molecule is CCOc1ccc(C2/C(=C(\O)c3ccc(Cl)cc3)C(=O)C(=O)N2c2nnc(C)s2)cc1OCC. The van der Waals surface area contributed by atoms with Crippen molar-refractivity contribution in [3.05, 3.63) is 69.2 Å². The van der Waals surface area contributed by atoms with E-state index >= 15 is 0 Å². The van der Waals surface area contributed by atoms with Crippen LogP contribution in [-0.2, 0) is 9.59 Å². The molecule has 0 radical (unpaired) electrons. The van der Waals surface area contributed by atoms with Crippen molar-refractivity contribution in [2.75, 3.05) is 18.1 Å². The first-order valence-electron chi connectivity index (χ1n) is 10.6. The maximum absolute atomic E-state index is 13.2. The van der Waals surface area contributed by atoms with Crippen LogP contribution in [0.25, 0.3) is 5.76 Å². The number of anilines is 1. The van der Waals surface area contributed by atoms with E-state index in [-0.39, 0.29) is 16.5 Å². The highest BCUT2D eigenvalue weighted by molar-refractivity contribution is 7.15. The van der Waals surface area contributed by atoms with Crippen molar-refractivity contribution < 1.29 is 24.2 Å². The molecule has 10 heteroatoms. The lowest BCUT2D eigenvalue weighted by Crippen LogP contribution is -2.29. The van der Waals surface area contributed by atoms with Gasteiger partial charge in [-0.1, -0.05) is 29.0 Å². The molecule has 1 N–H and O–H groups in total. The first-order chi connectivity index (χ1) is 16.3. The number of aryl methyl sites for hydroxylation is 1. The third kappa shape index (κ3) is 4.36. The lowest BCUT2D eigenvalue weighted by Gasteiger charge is -2.23. The first-order valence-corrected chi connectivity index (χ1v) is 11.8. The Morgan fingerprint density at radius 2 is 1.74 bits per heavy atom. The van der Waals surface area contributed by atoms with E-state index in [1.807, 2.05) is 13.8 Å². The molecule has 1 aromatic heterocycles. The van der Waals surface area contributed by atoms with Gasteiger partial charge in [0.25, 0.3) is 5.78 Å². The fourth-order valence-corrected chi connectivity index (χ4v) is 4.57. The molecule has 1 atom stereocenters. The van der Waals surface area contributed by atoms with Crippen LogP contribution in [0.3, 0.4) is 0 Å². The zero-order valence-corrected chi connectivity index (χ0v) is 20.3. The zero-order chi connectivity index (χ0) is 24.4. The number of aliphatic hydroxyl groups is 1. The van der Waals surface area contributed by atoms with E-state index in [2.05, 4.69) is 10.2 Å². The topological polar surface area (TPSA) is 102 Å². The molecule has 1 unspecified atom stereocenters. The normalized spacial score (nSPS) is 17.3. The molecule has 3 aromatic rings. The second-order valence-electron chi connectivity index (χ2n) is 7.35. The lowest BCUT2D eigenvalue weighted by molar-refractivity contribution is -0.132. The summed E-state index contributed by atoms with van der Waals surface area (Å²) in [5.41, 5.74) is 0.845. The number of nitrogens with zero attached hydrogens (tertiary/aromatic N) is 3. The molecule has 0 aliphatic carbocycles. The minimum absolute atomic E-state index is 0.0632. The molecular formula is C24H22ClN3O5S. The van der Waals surface area contributed by atoms with Gasteiger partial charge in [-0.25, -0.2) is 0 Å². The van der Waals surface area contributed by atoms with E-state index in [1.165, 1.54) is 16.2 Å². The molecule has 0 bridgehead atoms. The fraction of sp³-hybridized carbons (Fsp3) is 0.250. The van der Waals surface area contributed by atoms with Gasteiger partial charge in [0, 0.05) is 10.6 Å². The van der Waals surface area contributed by atoms with Crippen LogP contribution in [0, 0.1) is 6.92 Å². The third-order valence-electron chi connectivity index (χ3n) is 5.17. The number of ether oxygens (including phenoxy) is 2. The van der Waals surface area contributed by atoms with E-state index in [4.69, 9.17) is 21.1 Å². The predicted octanol–water partition coefficient (Wildman–Crippen LogP) is 4.92. The number of carbonyl (C=O) groups is 2. The molecule has 0 saturated carbocycles. The summed E-state index contributed by atoms with van der Waals surface area (Å²) in [7, 11) is 0. The van der Waals surface area contributed by atoms with Gasteiger partial charge in [-0.15, -0.1) is 10.2 Å². The Balaban J connectivity index is 1.93. The lowest BCUT2D eigenvalue weighted by atomic mass is 9.95. The van der Waals surface area contributed by atoms with Crippen LogP contribution in [0.1, 0.15) is 36.0 Å². The summed E-state index contributed by atoms with van der Waals surface area (Å²) in [6.07, 6.45) is 0. The minimum atomic E-state index is -0.946. The van der Waals surface area contributed by atoms with Crippen molar-refractivity contribution in [2.45, 2.75) is 26.8 Å². The average molecular weight is 500 g/mol. The highest BCUT2D eigenvalue weighted by atomic mass is 35.5. The number of halogens is 1. The van der Waals surface area contributed by atoms with Gasteiger partial charge in [0.1, 0.15) is 10.8 Å². The standard InChI is InChI=1S/C24H22ClN3O5S/c1-4-32-17-11-8-15(12-18(17)33-5-2)20-19(21(29)14-6-9-16(25)10-7-14)22(30)23(31)28(20)24-27-26-13(3)34-24/h6-12,20,29H,4-5H2,1-3H3/b21-19+. The van der Waals surface area contributed by atoms with Crippen LogP contribution in [0.2, 0.25) is 5.02 Å². The monoisotopic (exact) mass is 499 g/mol. The maximum Gasteiger partial charge on any atom is 0.301 e. The third-order valence-corrected chi connectivity index (χ3v) is 6.26. The molecule has 176 valence electrons. The molecule has 34 heavy (non-hydrogen) atoms. The predicted molar refractivity (Wildman–Crippen MR) is 130 cm³/mol. The summed E-state index contributed by atoms with van der Waals surface area (Å²) in [6.45, 7) is 6.30. The highest BCUT2D eigenvalue weighted by Gasteiger charge is 2.48. The van der Waals surface area contributed by atoms with Crippen molar-refractivity contribution >= 4 is 45.5 Å². The average Bonchev–Trinajstić information content (AvgIpc) is 3.36. The van der Waals surface area contributed by atoms with Crippen LogP contribution in [0.15, 0.2) is 48.0 Å². The van der Waals surface area contributed by atoms with Gasteiger partial charge < -0.3 is 14.6 Å². The van der Waals surface area contributed by atoms with Gasteiger partial charge in [0.15, 0.2) is 11.5 Å². The van der Waals surface area contributed by atoms with Crippen molar-refractivity contribution in [3.63, 3.8) is 0 Å². The minimum Gasteiger partial charge on any atom is -0.507 e. The number of hydrogen-bond donors (Lipinski definition) is 1. The van der Waals surface area contributed by atoms with E-state index < -0.39 is 17.7 Å². The van der Waals surface area contributed by atoms with Crippen molar-refractivity contribution in [1.82, 2.24) is 10.2 Å². The number of aromatic nitrogens is 2. The summed E-state index contributed by atoms with van der Waals surface area (Å²) < 4.78 is 11.4. The number of carbonyl (C=O) groups excluding carboxylic acids is 2. The smallest absolute Gasteiger partial charge is 0.301 e. The van der Waals surface area contributed by atoms with Gasteiger partial charge in [0.2, 0.25) is 5.13 Å². The Labute approximate surface area is 205 Å². The first kappa shape index (κ1) is 23.7. The van der Waals surface area contributed by atoms with Gasteiger partial charge in [-0.2, -0.15) is 0 Å². The summed E-state index contributed by atoms with van der Waals surface area (Å²) >= 11 is 7.16. The Morgan fingerprint density at radius 3 is 2.35 bits per heavy atom. The maximum atomic E-state index is 13.2. The second-order valence-corrected chi connectivity index (χ2v) is 8.95. The Hall–Kier alpha value is -3.43. The van der Waals surface area contributed by atoms with Crippen molar-refractivity contribution in [1.29, 1.82) is 0 Å². The molecule has 1 saturated heterocycles. The van der Waals surface area contributed by atoms with Gasteiger partial charge >= 0.3 is 5.91 Å². The largest absolute Gasteiger partial charge is 0.507 e. The number of aliphatic hydroxyl groups excluding tert-OH is 1. The quantitative estimate of drug-likeness (QED) is 0.279. The van der Waals surface area contributed by atoms with E-state index in [9.17, 15) is 14.7 Å². The second kappa shape index (κ2) is 9.82. The van der Waals surface area contributed by atoms with Gasteiger partial charge in [-0.05, 0) is 62.7 Å². The van der Waals surface area contributed by atoms with Crippen LogP contribution in [-0.4, -0.2) is 40.2 Å². The van der Waals surface area contributed by atoms with Crippen molar-refractivity contribution in [3.8, 4) is 11.5 Å². The molecule has 0 spiro atoms. The van der Waals surface area contributed by atoms with E-state index in [1.54, 1.807) is 49.4 Å². The van der Waals surface area contributed by atoms with Crippen LogP contribution < -0.4 is 14.4 Å². The molecule has 2 heterocycles. The molecule has 2 aromatic carbocycles. The van der Waals surface area contributed by atoms with Crippen LogP contribution in [0.4, 0.5) is 5.13 Å². The summed E-state index contributed by atoms with van der Waals surface area (Å²) in [5.74, 6) is -0.932. The van der Waals surface area contributed by atoms with E-state index in [0.717, 1.165) is 0 Å². The van der Waals surface area contributed by atoms with E-state index in [0.29, 0.717) is 45.9 Å². The number of rotatable bonds is 7. The van der Waals surface area contributed by atoms with Crippen molar-refractivity contribution in [2.24, 2.45) is 0 Å². The van der Waals surface area contributed by atoms with Crippen LogP contribution in [0.5, 0.6) is 11.5 Å². The molecule has 1 amide bonds. The fourth-order valence-electron chi connectivity index (χ4n) is 3.73. The number of benzene rings is 2. The molecule has 1 fully saturated rings. The molecule has 1 aliphatic rings.